The van der Waals surface area contributed by atoms with E-state index < -0.39 is 0 Å². The van der Waals surface area contributed by atoms with Crippen molar-refractivity contribution in [2.75, 3.05) is 6.61 Å². The predicted octanol–water partition coefficient (Wildman–Crippen LogP) is 12.8. The van der Waals surface area contributed by atoms with Gasteiger partial charge in [-0.1, -0.05) is 188 Å². The average molecular weight is 537 g/mol. The summed E-state index contributed by atoms with van der Waals surface area (Å²) in [6, 6.07) is 0. The number of hydrogen-bond donors (Lipinski definition) is 0. The van der Waals surface area contributed by atoms with E-state index in [4.69, 9.17) is 4.74 Å². The van der Waals surface area contributed by atoms with Gasteiger partial charge in [0.15, 0.2) is 0 Å². The molecule has 228 valence electrons. The molecule has 0 aromatic rings. The molecular formula is C36H72O2. The molecule has 0 radical (unpaired) electrons. The summed E-state index contributed by atoms with van der Waals surface area (Å²) < 4.78 is 5.66. The number of carbonyl (C=O) groups is 1. The van der Waals surface area contributed by atoms with Gasteiger partial charge in [-0.3, -0.25) is 4.79 Å². The molecule has 0 aliphatic heterocycles. The van der Waals surface area contributed by atoms with Crippen LogP contribution in [0.25, 0.3) is 0 Å². The fourth-order valence-electron chi connectivity index (χ4n) is 5.80. The van der Waals surface area contributed by atoms with Crippen molar-refractivity contribution in [3.8, 4) is 0 Å². The average Bonchev–Trinajstić information content (AvgIpc) is 2.91. The first-order chi connectivity index (χ1) is 18.6. The number of esters is 1. The van der Waals surface area contributed by atoms with E-state index in [0.717, 1.165) is 24.7 Å². The number of hydrogen-bond acceptors (Lipinski definition) is 2. The zero-order chi connectivity index (χ0) is 27.9. The summed E-state index contributed by atoms with van der Waals surface area (Å²) in [4.78, 5) is 12.3. The Bertz CT molecular complexity index is 446. The zero-order valence-electron chi connectivity index (χ0n) is 27.0. The molecule has 0 N–H and O–H groups in total. The Morgan fingerprint density at radius 3 is 1.29 bits per heavy atom. The molecule has 1 atom stereocenters. The minimum absolute atomic E-state index is 0.0395. The van der Waals surface area contributed by atoms with E-state index in [1.165, 1.54) is 161 Å². The highest BCUT2D eigenvalue weighted by molar-refractivity contribution is 5.69. The fraction of sp³-hybridized carbons (Fsp3) is 0.972. The van der Waals surface area contributed by atoms with Gasteiger partial charge in [0, 0.05) is 6.42 Å². The van der Waals surface area contributed by atoms with Crippen LogP contribution in [0.4, 0.5) is 0 Å². The standard InChI is InChI=1S/C36H72O2/c1-5-8-11-14-15-16-19-22-27-34(4)28-23-20-21-26-31-36(37)38-33-32-35(29-24-17-12-9-6-2)30-25-18-13-10-7-3/h34-35H,5-33H2,1-4H3. The van der Waals surface area contributed by atoms with Crippen LogP contribution < -0.4 is 0 Å². The van der Waals surface area contributed by atoms with Crippen LogP contribution in [0.15, 0.2) is 0 Å². The summed E-state index contributed by atoms with van der Waals surface area (Å²) in [5.74, 6) is 1.66. The smallest absolute Gasteiger partial charge is 0.305 e. The molecule has 1 unspecified atom stereocenters. The van der Waals surface area contributed by atoms with E-state index >= 15 is 0 Å². The van der Waals surface area contributed by atoms with Crippen LogP contribution in [0.1, 0.15) is 207 Å². The normalized spacial score (nSPS) is 12.3. The third-order valence-corrected chi connectivity index (χ3v) is 8.60. The van der Waals surface area contributed by atoms with Crippen molar-refractivity contribution in [2.24, 2.45) is 11.8 Å². The number of carbonyl (C=O) groups excluding carboxylic acids is 1. The number of rotatable bonds is 31. The molecule has 0 saturated heterocycles. The molecule has 2 heteroatoms. The van der Waals surface area contributed by atoms with Gasteiger partial charge < -0.3 is 4.74 Å². The maximum absolute atomic E-state index is 12.3. The largest absolute Gasteiger partial charge is 0.466 e. The Morgan fingerprint density at radius 1 is 0.474 bits per heavy atom. The van der Waals surface area contributed by atoms with Crippen molar-refractivity contribution in [1.29, 1.82) is 0 Å². The highest BCUT2D eigenvalue weighted by Crippen LogP contribution is 2.22. The molecule has 0 rings (SSSR count). The van der Waals surface area contributed by atoms with E-state index in [1.807, 2.05) is 0 Å². The predicted molar refractivity (Wildman–Crippen MR) is 170 cm³/mol. The van der Waals surface area contributed by atoms with Gasteiger partial charge in [0.2, 0.25) is 0 Å². The zero-order valence-corrected chi connectivity index (χ0v) is 27.0. The van der Waals surface area contributed by atoms with Crippen molar-refractivity contribution in [2.45, 2.75) is 207 Å². The third kappa shape index (κ3) is 28.5. The maximum Gasteiger partial charge on any atom is 0.305 e. The van der Waals surface area contributed by atoms with Gasteiger partial charge in [0.25, 0.3) is 0 Å². The minimum atomic E-state index is 0.0395. The summed E-state index contributed by atoms with van der Waals surface area (Å²) in [6.07, 6.45) is 36.8. The Labute approximate surface area is 241 Å². The molecule has 0 bridgehead atoms. The van der Waals surface area contributed by atoms with E-state index in [2.05, 4.69) is 27.7 Å². The van der Waals surface area contributed by atoms with Gasteiger partial charge in [-0.2, -0.15) is 0 Å². The van der Waals surface area contributed by atoms with Crippen molar-refractivity contribution < 1.29 is 9.53 Å². The molecule has 2 nitrogen and oxygen atoms in total. The van der Waals surface area contributed by atoms with Gasteiger partial charge in [0.1, 0.15) is 0 Å². The summed E-state index contributed by atoms with van der Waals surface area (Å²) >= 11 is 0. The summed E-state index contributed by atoms with van der Waals surface area (Å²) in [7, 11) is 0. The number of ether oxygens (including phenoxy) is 1. The second-order valence-corrected chi connectivity index (χ2v) is 12.6. The molecule has 0 aliphatic carbocycles. The molecular weight excluding hydrogens is 464 g/mol. The molecule has 0 amide bonds. The summed E-state index contributed by atoms with van der Waals surface area (Å²) in [6.45, 7) is 9.94. The second kappa shape index (κ2) is 31.0. The first kappa shape index (κ1) is 37.5. The summed E-state index contributed by atoms with van der Waals surface area (Å²) in [5.41, 5.74) is 0. The minimum Gasteiger partial charge on any atom is -0.466 e. The molecule has 0 spiro atoms. The topological polar surface area (TPSA) is 26.3 Å². The van der Waals surface area contributed by atoms with Gasteiger partial charge in [-0.25, -0.2) is 0 Å². The van der Waals surface area contributed by atoms with Crippen molar-refractivity contribution in [3.63, 3.8) is 0 Å². The lowest BCUT2D eigenvalue weighted by atomic mass is 9.92. The van der Waals surface area contributed by atoms with E-state index in [-0.39, 0.29) is 5.97 Å². The molecule has 0 heterocycles. The fourth-order valence-corrected chi connectivity index (χ4v) is 5.80. The van der Waals surface area contributed by atoms with E-state index in [0.29, 0.717) is 13.0 Å². The van der Waals surface area contributed by atoms with E-state index in [1.54, 1.807) is 0 Å². The SMILES string of the molecule is CCCCCCCCCCC(C)CCCCCCC(=O)OCCC(CCCCCCC)CCCCCCC. The Morgan fingerprint density at radius 2 is 0.842 bits per heavy atom. The Hall–Kier alpha value is -0.530. The first-order valence-corrected chi connectivity index (χ1v) is 17.8. The third-order valence-electron chi connectivity index (χ3n) is 8.60. The molecule has 0 saturated carbocycles. The Balaban J connectivity index is 3.75. The van der Waals surface area contributed by atoms with Gasteiger partial charge in [-0.15, -0.1) is 0 Å². The lowest BCUT2D eigenvalue weighted by molar-refractivity contribution is -0.144. The monoisotopic (exact) mass is 537 g/mol. The van der Waals surface area contributed by atoms with Crippen molar-refractivity contribution in [1.82, 2.24) is 0 Å². The van der Waals surface area contributed by atoms with Crippen LogP contribution >= 0.6 is 0 Å². The quantitative estimate of drug-likeness (QED) is 0.0650. The summed E-state index contributed by atoms with van der Waals surface area (Å²) in [5, 5.41) is 0. The second-order valence-electron chi connectivity index (χ2n) is 12.6. The van der Waals surface area contributed by atoms with Gasteiger partial charge >= 0.3 is 5.97 Å². The molecule has 38 heavy (non-hydrogen) atoms. The van der Waals surface area contributed by atoms with Crippen LogP contribution in [0.3, 0.4) is 0 Å². The molecule has 0 aromatic heterocycles. The van der Waals surface area contributed by atoms with Crippen LogP contribution in [0, 0.1) is 11.8 Å². The Kier molecular flexibility index (Phi) is 30.6. The van der Waals surface area contributed by atoms with Crippen LogP contribution in [0.2, 0.25) is 0 Å². The lowest BCUT2D eigenvalue weighted by Gasteiger charge is -2.17. The van der Waals surface area contributed by atoms with Crippen molar-refractivity contribution >= 4 is 5.97 Å². The lowest BCUT2D eigenvalue weighted by Crippen LogP contribution is -2.10. The van der Waals surface area contributed by atoms with Crippen LogP contribution in [0.5, 0.6) is 0 Å². The van der Waals surface area contributed by atoms with Gasteiger partial charge in [-0.05, 0) is 24.7 Å². The molecule has 0 fully saturated rings. The maximum atomic E-state index is 12.3. The molecule has 0 aromatic carbocycles. The highest BCUT2D eigenvalue weighted by Gasteiger charge is 2.11. The van der Waals surface area contributed by atoms with Crippen molar-refractivity contribution in [3.05, 3.63) is 0 Å². The first-order valence-electron chi connectivity index (χ1n) is 17.8. The van der Waals surface area contributed by atoms with E-state index in [9.17, 15) is 4.79 Å². The molecule has 0 aliphatic rings. The van der Waals surface area contributed by atoms with Gasteiger partial charge in [0.05, 0.1) is 6.61 Å². The number of unbranched alkanes of at least 4 members (excludes halogenated alkanes) is 18. The highest BCUT2D eigenvalue weighted by atomic mass is 16.5. The van der Waals surface area contributed by atoms with Crippen LogP contribution in [-0.2, 0) is 9.53 Å². The van der Waals surface area contributed by atoms with Crippen LogP contribution in [-0.4, -0.2) is 12.6 Å².